The Morgan fingerprint density at radius 3 is 2.64 bits per heavy atom. The second kappa shape index (κ2) is 6.41. The third kappa shape index (κ3) is 3.25. The van der Waals surface area contributed by atoms with Crippen molar-refractivity contribution in [3.05, 3.63) is 0 Å². The van der Waals surface area contributed by atoms with E-state index in [4.69, 9.17) is 5.73 Å². The second-order valence-corrected chi connectivity index (χ2v) is 4.55. The molecule has 0 spiro atoms. The molecule has 0 radical (unpaired) electrons. The molecule has 14 heavy (non-hydrogen) atoms. The molecule has 0 amide bonds. The quantitative estimate of drug-likeness (QED) is 0.734. The molecule has 1 unspecified atom stereocenters. The summed E-state index contributed by atoms with van der Waals surface area (Å²) in [7, 11) is 0. The zero-order valence-corrected chi connectivity index (χ0v) is 9.84. The van der Waals surface area contributed by atoms with Crippen molar-refractivity contribution in [1.82, 2.24) is 4.90 Å². The number of nitrogens with two attached hydrogens (primary N) is 1. The standard InChI is InChI=1S/C12H26N2/c1-3-12(4-2)14-9-5-6-11(10-14)7-8-13/h11-12H,3-10,13H2,1-2H3. The highest BCUT2D eigenvalue weighted by atomic mass is 15.2. The first-order chi connectivity index (χ1) is 6.81. The molecule has 0 saturated carbocycles. The number of nitrogens with zero attached hydrogens (tertiary/aromatic N) is 1. The van der Waals surface area contributed by atoms with Gasteiger partial charge in [0.05, 0.1) is 0 Å². The van der Waals surface area contributed by atoms with Crippen molar-refractivity contribution >= 4 is 0 Å². The van der Waals surface area contributed by atoms with Crippen LogP contribution in [0, 0.1) is 5.92 Å². The Morgan fingerprint density at radius 2 is 2.07 bits per heavy atom. The lowest BCUT2D eigenvalue weighted by Gasteiger charge is -2.37. The fourth-order valence-corrected chi connectivity index (χ4v) is 2.71. The van der Waals surface area contributed by atoms with Crippen molar-refractivity contribution in [1.29, 1.82) is 0 Å². The number of likely N-dealkylation sites (tertiary alicyclic amines) is 1. The van der Waals surface area contributed by atoms with E-state index in [9.17, 15) is 0 Å². The van der Waals surface area contributed by atoms with Gasteiger partial charge >= 0.3 is 0 Å². The summed E-state index contributed by atoms with van der Waals surface area (Å²) >= 11 is 0. The zero-order valence-electron chi connectivity index (χ0n) is 9.84. The van der Waals surface area contributed by atoms with E-state index in [0.717, 1.165) is 18.5 Å². The molecule has 1 aliphatic heterocycles. The molecular formula is C12H26N2. The minimum absolute atomic E-state index is 0.815. The Balaban J connectivity index is 2.38. The normalized spacial score (nSPS) is 24.4. The van der Waals surface area contributed by atoms with E-state index in [0.29, 0.717) is 0 Å². The largest absolute Gasteiger partial charge is 0.330 e. The summed E-state index contributed by atoms with van der Waals surface area (Å²) < 4.78 is 0. The summed E-state index contributed by atoms with van der Waals surface area (Å²) in [5.74, 6) is 0.870. The van der Waals surface area contributed by atoms with Crippen molar-refractivity contribution < 1.29 is 0 Å². The van der Waals surface area contributed by atoms with Crippen LogP contribution < -0.4 is 5.73 Å². The average Bonchev–Trinajstić information content (AvgIpc) is 2.21. The molecule has 1 heterocycles. The maximum absolute atomic E-state index is 5.63. The van der Waals surface area contributed by atoms with E-state index in [2.05, 4.69) is 18.7 Å². The first-order valence-electron chi connectivity index (χ1n) is 6.25. The summed E-state index contributed by atoms with van der Waals surface area (Å²) in [6, 6.07) is 0.815. The van der Waals surface area contributed by atoms with E-state index >= 15 is 0 Å². The van der Waals surface area contributed by atoms with Crippen molar-refractivity contribution in [3.63, 3.8) is 0 Å². The van der Waals surface area contributed by atoms with E-state index in [-0.39, 0.29) is 0 Å². The fraction of sp³-hybridized carbons (Fsp3) is 1.00. The highest BCUT2D eigenvalue weighted by Crippen LogP contribution is 2.22. The molecule has 1 atom stereocenters. The summed E-state index contributed by atoms with van der Waals surface area (Å²) in [4.78, 5) is 2.68. The van der Waals surface area contributed by atoms with Gasteiger partial charge in [-0.2, -0.15) is 0 Å². The maximum atomic E-state index is 5.63. The molecular weight excluding hydrogens is 172 g/mol. The van der Waals surface area contributed by atoms with Gasteiger partial charge in [0.2, 0.25) is 0 Å². The Hall–Kier alpha value is -0.0800. The van der Waals surface area contributed by atoms with Crippen LogP contribution in [-0.4, -0.2) is 30.6 Å². The van der Waals surface area contributed by atoms with Gasteiger partial charge in [-0.05, 0) is 51.1 Å². The topological polar surface area (TPSA) is 29.3 Å². The SMILES string of the molecule is CCC(CC)N1CCCC(CCN)C1. The molecule has 0 aliphatic carbocycles. The van der Waals surface area contributed by atoms with Gasteiger partial charge in [-0.15, -0.1) is 0 Å². The lowest BCUT2D eigenvalue weighted by atomic mass is 9.93. The van der Waals surface area contributed by atoms with Gasteiger partial charge < -0.3 is 10.6 Å². The van der Waals surface area contributed by atoms with Gasteiger partial charge in [-0.1, -0.05) is 13.8 Å². The van der Waals surface area contributed by atoms with Gasteiger partial charge in [-0.3, -0.25) is 0 Å². The molecule has 2 nitrogen and oxygen atoms in total. The van der Waals surface area contributed by atoms with Crippen LogP contribution in [0.1, 0.15) is 46.0 Å². The van der Waals surface area contributed by atoms with Crippen molar-refractivity contribution in [2.24, 2.45) is 11.7 Å². The van der Waals surface area contributed by atoms with Crippen LogP contribution in [0.4, 0.5) is 0 Å². The molecule has 1 rings (SSSR count). The predicted molar refractivity (Wildman–Crippen MR) is 62.3 cm³/mol. The van der Waals surface area contributed by atoms with Gasteiger partial charge in [0, 0.05) is 12.6 Å². The van der Waals surface area contributed by atoms with Crippen LogP contribution in [0.3, 0.4) is 0 Å². The van der Waals surface area contributed by atoms with Crippen LogP contribution in [0.25, 0.3) is 0 Å². The third-order valence-electron chi connectivity index (χ3n) is 3.58. The summed E-state index contributed by atoms with van der Waals surface area (Å²) in [6.07, 6.45) is 6.59. The van der Waals surface area contributed by atoms with Crippen molar-refractivity contribution in [2.75, 3.05) is 19.6 Å². The third-order valence-corrected chi connectivity index (χ3v) is 3.58. The molecule has 0 aromatic heterocycles. The van der Waals surface area contributed by atoms with E-state index in [1.165, 1.54) is 45.2 Å². The molecule has 1 fully saturated rings. The van der Waals surface area contributed by atoms with E-state index in [1.54, 1.807) is 0 Å². The van der Waals surface area contributed by atoms with Crippen LogP contribution in [0.2, 0.25) is 0 Å². The molecule has 1 aliphatic rings. The second-order valence-electron chi connectivity index (χ2n) is 4.55. The molecule has 84 valence electrons. The van der Waals surface area contributed by atoms with E-state index < -0.39 is 0 Å². The van der Waals surface area contributed by atoms with Crippen molar-refractivity contribution in [2.45, 2.75) is 52.0 Å². The Morgan fingerprint density at radius 1 is 1.36 bits per heavy atom. The summed E-state index contributed by atoms with van der Waals surface area (Å²) in [6.45, 7) is 8.08. The Kier molecular flexibility index (Phi) is 5.49. The highest BCUT2D eigenvalue weighted by molar-refractivity contribution is 4.78. The lowest BCUT2D eigenvalue weighted by Crippen LogP contribution is -2.42. The smallest absolute Gasteiger partial charge is 0.00901 e. The lowest BCUT2D eigenvalue weighted by molar-refractivity contribution is 0.114. The maximum Gasteiger partial charge on any atom is 0.00901 e. The van der Waals surface area contributed by atoms with Crippen LogP contribution in [0.5, 0.6) is 0 Å². The van der Waals surface area contributed by atoms with E-state index in [1.807, 2.05) is 0 Å². The first kappa shape index (κ1) is 12.0. The Labute approximate surface area is 88.8 Å². The average molecular weight is 198 g/mol. The van der Waals surface area contributed by atoms with Crippen LogP contribution >= 0.6 is 0 Å². The molecule has 0 aromatic rings. The van der Waals surface area contributed by atoms with Crippen LogP contribution in [-0.2, 0) is 0 Å². The molecule has 1 saturated heterocycles. The minimum Gasteiger partial charge on any atom is -0.330 e. The minimum atomic E-state index is 0.815. The Bertz CT molecular complexity index is 141. The van der Waals surface area contributed by atoms with Gasteiger partial charge in [-0.25, -0.2) is 0 Å². The first-order valence-corrected chi connectivity index (χ1v) is 6.25. The fourth-order valence-electron chi connectivity index (χ4n) is 2.71. The van der Waals surface area contributed by atoms with Gasteiger partial charge in [0.1, 0.15) is 0 Å². The molecule has 2 heteroatoms. The van der Waals surface area contributed by atoms with Gasteiger partial charge in [0.25, 0.3) is 0 Å². The number of piperidine rings is 1. The number of hydrogen-bond donors (Lipinski definition) is 1. The molecule has 2 N–H and O–H groups in total. The van der Waals surface area contributed by atoms with Crippen molar-refractivity contribution in [3.8, 4) is 0 Å². The number of hydrogen-bond acceptors (Lipinski definition) is 2. The highest BCUT2D eigenvalue weighted by Gasteiger charge is 2.23. The predicted octanol–water partition coefficient (Wildman–Crippen LogP) is 2.24. The molecule has 0 bridgehead atoms. The summed E-state index contributed by atoms with van der Waals surface area (Å²) in [5.41, 5.74) is 5.63. The number of rotatable bonds is 5. The van der Waals surface area contributed by atoms with Crippen LogP contribution in [0.15, 0.2) is 0 Å². The van der Waals surface area contributed by atoms with Gasteiger partial charge in [0.15, 0.2) is 0 Å². The zero-order chi connectivity index (χ0) is 10.4. The summed E-state index contributed by atoms with van der Waals surface area (Å²) in [5, 5.41) is 0. The monoisotopic (exact) mass is 198 g/mol. The molecule has 0 aromatic carbocycles.